The van der Waals surface area contributed by atoms with Crippen LogP contribution in [0.3, 0.4) is 0 Å². The highest BCUT2D eigenvalue weighted by molar-refractivity contribution is 6.31. The number of aromatic nitrogens is 2. The van der Waals surface area contributed by atoms with Gasteiger partial charge in [-0.05, 0) is 18.1 Å². The Balaban J connectivity index is 1.97. The third-order valence-corrected chi connectivity index (χ3v) is 3.05. The van der Waals surface area contributed by atoms with E-state index in [1.54, 1.807) is 12.4 Å². The monoisotopic (exact) mass is 254 g/mol. The molecule has 4 heteroatoms. The van der Waals surface area contributed by atoms with Gasteiger partial charge in [0.15, 0.2) is 0 Å². The van der Waals surface area contributed by atoms with E-state index in [1.807, 2.05) is 24.3 Å². The molecule has 0 spiro atoms. The maximum Gasteiger partial charge on any atom is 0.107 e. The molecular weight excluding hydrogens is 243 g/mol. The molecule has 2 aromatic rings. The number of benzene rings is 1. The minimum atomic E-state index is 0.00560. The van der Waals surface area contributed by atoms with Crippen LogP contribution in [0.25, 0.3) is 0 Å². The number of halogens is 2. The molecule has 16 heavy (non-hydrogen) atoms. The molecule has 1 atom stereocenters. The van der Waals surface area contributed by atoms with E-state index in [9.17, 15) is 0 Å². The summed E-state index contributed by atoms with van der Waals surface area (Å²) < 4.78 is 0. The third kappa shape index (κ3) is 3.00. The Morgan fingerprint density at radius 1 is 1.25 bits per heavy atom. The van der Waals surface area contributed by atoms with Gasteiger partial charge in [-0.3, -0.25) is 0 Å². The number of hydrogen-bond donors (Lipinski definition) is 1. The largest absolute Gasteiger partial charge is 0.349 e. The number of nitrogens with zero attached hydrogens (tertiary/aromatic N) is 1. The lowest BCUT2D eigenvalue weighted by molar-refractivity contribution is 0.792. The third-order valence-electron chi connectivity index (χ3n) is 2.37. The highest BCUT2D eigenvalue weighted by Crippen LogP contribution is 2.19. The molecule has 0 saturated heterocycles. The van der Waals surface area contributed by atoms with Crippen LogP contribution in [-0.4, -0.2) is 15.3 Å². The summed E-state index contributed by atoms with van der Waals surface area (Å²) in [5.41, 5.74) is 1.08. The van der Waals surface area contributed by atoms with E-state index in [2.05, 4.69) is 9.97 Å². The molecule has 1 unspecified atom stereocenters. The first-order valence-electron chi connectivity index (χ1n) is 5.11. The maximum atomic E-state index is 6.26. The summed E-state index contributed by atoms with van der Waals surface area (Å²) in [6, 6.07) is 7.77. The van der Waals surface area contributed by atoms with Gasteiger partial charge in [-0.1, -0.05) is 29.8 Å². The normalized spacial score (nSPS) is 12.6. The first-order chi connectivity index (χ1) is 7.75. The van der Waals surface area contributed by atoms with Crippen LogP contribution >= 0.6 is 23.2 Å². The molecule has 0 radical (unpaired) electrons. The molecule has 0 fully saturated rings. The first kappa shape index (κ1) is 11.5. The van der Waals surface area contributed by atoms with Crippen molar-refractivity contribution in [2.45, 2.75) is 18.2 Å². The molecule has 1 aromatic carbocycles. The maximum absolute atomic E-state index is 6.26. The lowest BCUT2D eigenvalue weighted by Gasteiger charge is -2.09. The van der Waals surface area contributed by atoms with E-state index in [4.69, 9.17) is 23.2 Å². The van der Waals surface area contributed by atoms with E-state index in [0.717, 1.165) is 29.3 Å². The Labute approximate surface area is 105 Å². The molecule has 1 N–H and O–H groups in total. The summed E-state index contributed by atoms with van der Waals surface area (Å²) in [5.74, 6) is 0.909. The molecule has 84 valence electrons. The van der Waals surface area contributed by atoms with Crippen molar-refractivity contribution in [2.75, 3.05) is 0 Å². The SMILES string of the molecule is Clc1ccccc1CC(Cl)Cc1ncc[nH]1. The van der Waals surface area contributed by atoms with E-state index in [1.165, 1.54) is 0 Å². The van der Waals surface area contributed by atoms with Crippen molar-refractivity contribution in [3.05, 3.63) is 53.1 Å². The second kappa shape index (κ2) is 5.37. The van der Waals surface area contributed by atoms with Crippen molar-refractivity contribution in [1.82, 2.24) is 9.97 Å². The summed E-state index contributed by atoms with van der Waals surface area (Å²) in [4.78, 5) is 7.19. The van der Waals surface area contributed by atoms with Gasteiger partial charge >= 0.3 is 0 Å². The number of imidazole rings is 1. The zero-order chi connectivity index (χ0) is 11.4. The van der Waals surface area contributed by atoms with Crippen molar-refractivity contribution in [1.29, 1.82) is 0 Å². The highest BCUT2D eigenvalue weighted by atomic mass is 35.5. The second-order valence-corrected chi connectivity index (χ2v) is 4.66. The number of aromatic amines is 1. The van der Waals surface area contributed by atoms with E-state index in [0.29, 0.717) is 0 Å². The molecule has 0 aliphatic carbocycles. The van der Waals surface area contributed by atoms with E-state index >= 15 is 0 Å². The zero-order valence-corrected chi connectivity index (χ0v) is 10.2. The lowest BCUT2D eigenvalue weighted by atomic mass is 10.1. The summed E-state index contributed by atoms with van der Waals surface area (Å²) in [7, 11) is 0. The molecule has 1 heterocycles. The van der Waals surface area contributed by atoms with Crippen molar-refractivity contribution in [3.63, 3.8) is 0 Å². The molecule has 0 saturated carbocycles. The number of nitrogens with one attached hydrogen (secondary N) is 1. The van der Waals surface area contributed by atoms with Gasteiger partial charge in [0.05, 0.1) is 0 Å². The van der Waals surface area contributed by atoms with Crippen molar-refractivity contribution in [3.8, 4) is 0 Å². The molecule has 2 nitrogen and oxygen atoms in total. The highest BCUT2D eigenvalue weighted by Gasteiger charge is 2.10. The summed E-state index contributed by atoms with van der Waals surface area (Å²) in [6.07, 6.45) is 5.00. The van der Waals surface area contributed by atoms with Gasteiger partial charge < -0.3 is 4.98 Å². The van der Waals surface area contributed by atoms with Crippen molar-refractivity contribution >= 4 is 23.2 Å². The Morgan fingerprint density at radius 2 is 2.06 bits per heavy atom. The van der Waals surface area contributed by atoms with Crippen LogP contribution in [0.4, 0.5) is 0 Å². The predicted octanol–water partition coefficient (Wildman–Crippen LogP) is 3.46. The fraction of sp³-hybridized carbons (Fsp3) is 0.250. The Morgan fingerprint density at radius 3 is 2.75 bits per heavy atom. The number of alkyl halides is 1. The summed E-state index contributed by atoms with van der Waals surface area (Å²) >= 11 is 12.3. The van der Waals surface area contributed by atoms with Crippen LogP contribution in [0.5, 0.6) is 0 Å². The summed E-state index contributed by atoms with van der Waals surface area (Å²) in [5, 5.41) is 0.777. The van der Waals surface area contributed by atoms with Crippen LogP contribution in [-0.2, 0) is 12.8 Å². The fourth-order valence-corrected chi connectivity index (χ4v) is 2.12. The molecule has 0 amide bonds. The van der Waals surface area contributed by atoms with Gasteiger partial charge in [0.1, 0.15) is 5.82 Å². The van der Waals surface area contributed by atoms with Crippen LogP contribution in [0.15, 0.2) is 36.7 Å². The lowest BCUT2D eigenvalue weighted by Crippen LogP contribution is -2.08. The van der Waals surface area contributed by atoms with Gasteiger partial charge in [0.2, 0.25) is 0 Å². The van der Waals surface area contributed by atoms with Crippen LogP contribution in [0.2, 0.25) is 5.02 Å². The van der Waals surface area contributed by atoms with Crippen LogP contribution < -0.4 is 0 Å². The van der Waals surface area contributed by atoms with Crippen LogP contribution in [0.1, 0.15) is 11.4 Å². The molecule has 0 aliphatic heterocycles. The first-order valence-corrected chi connectivity index (χ1v) is 5.93. The topological polar surface area (TPSA) is 28.7 Å². The minimum Gasteiger partial charge on any atom is -0.349 e. The molecule has 0 bridgehead atoms. The van der Waals surface area contributed by atoms with Crippen LogP contribution in [0, 0.1) is 0 Å². The molecule has 2 rings (SSSR count). The average Bonchev–Trinajstić information content (AvgIpc) is 2.74. The fourth-order valence-electron chi connectivity index (χ4n) is 1.59. The second-order valence-electron chi connectivity index (χ2n) is 3.63. The summed E-state index contributed by atoms with van der Waals surface area (Å²) in [6.45, 7) is 0. The van der Waals surface area contributed by atoms with E-state index < -0.39 is 0 Å². The minimum absolute atomic E-state index is 0.00560. The van der Waals surface area contributed by atoms with E-state index in [-0.39, 0.29) is 5.38 Å². The van der Waals surface area contributed by atoms with Gasteiger partial charge in [-0.25, -0.2) is 4.98 Å². The Kier molecular flexibility index (Phi) is 3.86. The van der Waals surface area contributed by atoms with Gasteiger partial charge in [-0.2, -0.15) is 0 Å². The zero-order valence-electron chi connectivity index (χ0n) is 8.66. The predicted molar refractivity (Wildman–Crippen MR) is 67.1 cm³/mol. The molecular formula is C12H12Cl2N2. The smallest absolute Gasteiger partial charge is 0.107 e. The Bertz CT molecular complexity index is 440. The average molecular weight is 255 g/mol. The number of H-pyrrole nitrogens is 1. The van der Waals surface area contributed by atoms with Gasteiger partial charge in [0, 0.05) is 29.2 Å². The molecule has 0 aliphatic rings. The molecule has 1 aromatic heterocycles. The van der Waals surface area contributed by atoms with Gasteiger partial charge in [-0.15, -0.1) is 11.6 Å². The van der Waals surface area contributed by atoms with Crippen molar-refractivity contribution < 1.29 is 0 Å². The number of hydrogen-bond acceptors (Lipinski definition) is 1. The van der Waals surface area contributed by atoms with Gasteiger partial charge in [0.25, 0.3) is 0 Å². The number of rotatable bonds is 4. The van der Waals surface area contributed by atoms with Crippen molar-refractivity contribution in [2.24, 2.45) is 0 Å². The standard InChI is InChI=1S/C12H12Cl2N2/c13-10(8-12-15-5-6-16-12)7-9-3-1-2-4-11(9)14/h1-6,10H,7-8H2,(H,15,16). The Hall–Kier alpha value is -0.990. The quantitative estimate of drug-likeness (QED) is 0.833.